The fourth-order valence-corrected chi connectivity index (χ4v) is 2.51. The van der Waals surface area contributed by atoms with Crippen LogP contribution in [0.5, 0.6) is 0 Å². The molecule has 3 aromatic rings. The third-order valence-corrected chi connectivity index (χ3v) is 4.05. The van der Waals surface area contributed by atoms with Crippen molar-refractivity contribution in [2.24, 2.45) is 7.05 Å². The maximum absolute atomic E-state index is 12.4. The number of benzene rings is 1. The van der Waals surface area contributed by atoms with Crippen LogP contribution in [-0.4, -0.2) is 15.5 Å². The highest BCUT2D eigenvalue weighted by Gasteiger charge is 2.15. The molecule has 6 heteroatoms. The summed E-state index contributed by atoms with van der Waals surface area (Å²) in [6.07, 6.45) is 1.61. The highest BCUT2D eigenvalue weighted by molar-refractivity contribution is 6.31. The van der Waals surface area contributed by atoms with Gasteiger partial charge < -0.3 is 5.32 Å². The van der Waals surface area contributed by atoms with E-state index in [1.165, 1.54) is 4.57 Å². The quantitative estimate of drug-likeness (QED) is 0.786. The number of aromatic nitrogens is 2. The van der Waals surface area contributed by atoms with Gasteiger partial charge in [0.15, 0.2) is 0 Å². The number of anilines is 1. The number of halogens is 1. The van der Waals surface area contributed by atoms with Crippen LogP contribution >= 0.6 is 11.6 Å². The number of nitrogens with one attached hydrogen (secondary N) is 1. The van der Waals surface area contributed by atoms with E-state index in [0.29, 0.717) is 16.4 Å². The van der Waals surface area contributed by atoms with Crippen molar-refractivity contribution in [1.82, 2.24) is 9.55 Å². The summed E-state index contributed by atoms with van der Waals surface area (Å²) >= 11 is 6.05. The van der Waals surface area contributed by atoms with Gasteiger partial charge in [0.2, 0.25) is 0 Å². The van der Waals surface area contributed by atoms with Gasteiger partial charge in [-0.25, -0.2) is 4.98 Å². The van der Waals surface area contributed by atoms with Crippen LogP contribution in [0.4, 0.5) is 5.69 Å². The maximum atomic E-state index is 12.4. The van der Waals surface area contributed by atoms with Gasteiger partial charge in [0.25, 0.3) is 11.5 Å². The van der Waals surface area contributed by atoms with E-state index in [1.54, 1.807) is 49.6 Å². The molecule has 0 aliphatic carbocycles. The van der Waals surface area contributed by atoms with E-state index in [4.69, 9.17) is 11.6 Å². The number of hydrogen-bond acceptors (Lipinski definition) is 3. The second-order valence-corrected chi connectivity index (χ2v) is 5.66. The standard InChI is InChI=1S/C17H14ClN3O2/c1-10-5-6-12(9-14(10)18)20-16(22)13-8-11-4-3-7-19-15(11)21(2)17(13)23/h3-9H,1-2H3,(H,20,22). The topological polar surface area (TPSA) is 64.0 Å². The van der Waals surface area contributed by atoms with Gasteiger partial charge >= 0.3 is 0 Å². The summed E-state index contributed by atoms with van der Waals surface area (Å²) in [7, 11) is 1.59. The molecule has 116 valence electrons. The number of pyridine rings is 2. The molecule has 1 N–H and O–H groups in total. The number of aryl methyl sites for hydroxylation is 2. The molecule has 5 nitrogen and oxygen atoms in total. The van der Waals surface area contributed by atoms with Crippen molar-refractivity contribution in [3.8, 4) is 0 Å². The Morgan fingerprint density at radius 1 is 1.26 bits per heavy atom. The Morgan fingerprint density at radius 3 is 2.78 bits per heavy atom. The van der Waals surface area contributed by atoms with Crippen molar-refractivity contribution in [3.05, 3.63) is 69.1 Å². The summed E-state index contributed by atoms with van der Waals surface area (Å²) in [5.41, 5.74) is 1.65. The minimum absolute atomic E-state index is 0.0599. The Kier molecular flexibility index (Phi) is 3.88. The van der Waals surface area contributed by atoms with Crippen molar-refractivity contribution in [2.75, 3.05) is 5.32 Å². The van der Waals surface area contributed by atoms with E-state index in [-0.39, 0.29) is 5.56 Å². The Hall–Kier alpha value is -2.66. The maximum Gasteiger partial charge on any atom is 0.264 e. The lowest BCUT2D eigenvalue weighted by Crippen LogP contribution is -2.28. The molecular weight excluding hydrogens is 314 g/mol. The molecule has 0 aliphatic heterocycles. The summed E-state index contributed by atoms with van der Waals surface area (Å²) in [4.78, 5) is 29.0. The van der Waals surface area contributed by atoms with Crippen LogP contribution in [0.25, 0.3) is 11.0 Å². The highest BCUT2D eigenvalue weighted by atomic mass is 35.5. The van der Waals surface area contributed by atoms with Crippen molar-refractivity contribution >= 4 is 34.2 Å². The highest BCUT2D eigenvalue weighted by Crippen LogP contribution is 2.20. The molecule has 0 atom stereocenters. The first-order valence-electron chi connectivity index (χ1n) is 6.99. The first kappa shape index (κ1) is 15.2. The van der Waals surface area contributed by atoms with Crippen molar-refractivity contribution in [3.63, 3.8) is 0 Å². The molecule has 0 aliphatic rings. The van der Waals surface area contributed by atoms with Gasteiger partial charge in [0.1, 0.15) is 11.2 Å². The van der Waals surface area contributed by atoms with E-state index in [0.717, 1.165) is 10.9 Å². The Morgan fingerprint density at radius 2 is 2.04 bits per heavy atom. The third kappa shape index (κ3) is 2.83. The van der Waals surface area contributed by atoms with Gasteiger partial charge in [-0.2, -0.15) is 0 Å². The zero-order valence-corrected chi connectivity index (χ0v) is 13.4. The number of carbonyl (C=O) groups is 1. The lowest BCUT2D eigenvalue weighted by Gasteiger charge is -2.09. The molecule has 2 aromatic heterocycles. The summed E-state index contributed by atoms with van der Waals surface area (Å²) < 4.78 is 1.37. The van der Waals surface area contributed by atoms with Gasteiger partial charge in [-0.05, 0) is 42.8 Å². The number of amides is 1. The fourth-order valence-electron chi connectivity index (χ4n) is 2.33. The van der Waals surface area contributed by atoms with Crippen LogP contribution < -0.4 is 10.9 Å². The monoisotopic (exact) mass is 327 g/mol. The van der Waals surface area contributed by atoms with E-state index in [9.17, 15) is 9.59 Å². The largest absolute Gasteiger partial charge is 0.322 e. The van der Waals surface area contributed by atoms with E-state index in [1.807, 2.05) is 6.92 Å². The zero-order chi connectivity index (χ0) is 16.6. The fraction of sp³-hybridized carbons (Fsp3) is 0.118. The zero-order valence-electron chi connectivity index (χ0n) is 12.6. The van der Waals surface area contributed by atoms with Gasteiger partial charge in [-0.1, -0.05) is 17.7 Å². The molecule has 1 aromatic carbocycles. The molecule has 0 saturated heterocycles. The number of fused-ring (bicyclic) bond motifs is 1. The SMILES string of the molecule is Cc1ccc(NC(=O)c2cc3cccnc3n(C)c2=O)cc1Cl. The Bertz CT molecular complexity index is 979. The lowest BCUT2D eigenvalue weighted by atomic mass is 10.1. The molecule has 0 saturated carbocycles. The molecule has 3 rings (SSSR count). The van der Waals surface area contributed by atoms with Crippen molar-refractivity contribution in [2.45, 2.75) is 6.92 Å². The second kappa shape index (κ2) is 5.85. The number of hydrogen-bond donors (Lipinski definition) is 1. The minimum atomic E-state index is -0.476. The van der Waals surface area contributed by atoms with Crippen LogP contribution in [0.1, 0.15) is 15.9 Å². The van der Waals surface area contributed by atoms with Crippen LogP contribution in [0, 0.1) is 6.92 Å². The normalized spacial score (nSPS) is 10.7. The molecule has 0 fully saturated rings. The Balaban J connectivity index is 2.02. The predicted molar refractivity (Wildman–Crippen MR) is 91.1 cm³/mol. The second-order valence-electron chi connectivity index (χ2n) is 5.26. The van der Waals surface area contributed by atoms with Crippen molar-refractivity contribution < 1.29 is 4.79 Å². The molecular formula is C17H14ClN3O2. The third-order valence-electron chi connectivity index (χ3n) is 3.64. The molecule has 0 bridgehead atoms. The first-order chi connectivity index (χ1) is 11.0. The molecule has 23 heavy (non-hydrogen) atoms. The molecule has 2 heterocycles. The minimum Gasteiger partial charge on any atom is -0.322 e. The van der Waals surface area contributed by atoms with Gasteiger partial charge in [0, 0.05) is 29.3 Å². The molecule has 0 spiro atoms. The summed E-state index contributed by atoms with van der Waals surface area (Å²) in [5, 5.41) is 3.98. The van der Waals surface area contributed by atoms with E-state index in [2.05, 4.69) is 10.3 Å². The predicted octanol–water partition coefficient (Wildman–Crippen LogP) is 3.15. The summed E-state index contributed by atoms with van der Waals surface area (Å²) in [6.45, 7) is 1.88. The van der Waals surface area contributed by atoms with Crippen molar-refractivity contribution in [1.29, 1.82) is 0 Å². The number of nitrogens with zero attached hydrogens (tertiary/aromatic N) is 2. The summed E-state index contributed by atoms with van der Waals surface area (Å²) in [6, 6.07) is 10.3. The molecule has 0 radical (unpaired) electrons. The van der Waals surface area contributed by atoms with E-state index >= 15 is 0 Å². The van der Waals surface area contributed by atoms with Crippen LogP contribution in [0.3, 0.4) is 0 Å². The van der Waals surface area contributed by atoms with E-state index < -0.39 is 11.5 Å². The number of rotatable bonds is 2. The first-order valence-corrected chi connectivity index (χ1v) is 7.37. The van der Waals surface area contributed by atoms with Gasteiger partial charge in [0.05, 0.1) is 0 Å². The lowest BCUT2D eigenvalue weighted by molar-refractivity contribution is 0.102. The smallest absolute Gasteiger partial charge is 0.264 e. The van der Waals surface area contributed by atoms with Gasteiger partial charge in [-0.3, -0.25) is 14.2 Å². The van der Waals surface area contributed by atoms with Gasteiger partial charge in [-0.15, -0.1) is 0 Å². The average molecular weight is 328 g/mol. The molecule has 0 unspecified atom stereocenters. The van der Waals surface area contributed by atoms with Crippen LogP contribution in [-0.2, 0) is 7.05 Å². The van der Waals surface area contributed by atoms with Crippen LogP contribution in [0.2, 0.25) is 5.02 Å². The number of carbonyl (C=O) groups excluding carboxylic acids is 1. The Labute approximate surface area is 137 Å². The van der Waals surface area contributed by atoms with Crippen LogP contribution in [0.15, 0.2) is 47.4 Å². The molecule has 1 amide bonds. The summed E-state index contributed by atoms with van der Waals surface area (Å²) in [5.74, 6) is -0.476. The average Bonchev–Trinajstić information content (AvgIpc) is 2.54.